The van der Waals surface area contributed by atoms with Gasteiger partial charge in [-0.25, -0.2) is 0 Å². The SMILES string of the molecule is COc1ccccc1CN1CCCCC1c1ccn[nH]1. The first-order valence-electron chi connectivity index (χ1n) is 7.23. The van der Waals surface area contributed by atoms with Gasteiger partial charge in [-0.1, -0.05) is 24.6 Å². The number of aromatic nitrogens is 2. The predicted octanol–water partition coefficient (Wildman–Crippen LogP) is 3.15. The third-order valence-corrected chi connectivity index (χ3v) is 4.06. The third-order valence-electron chi connectivity index (χ3n) is 4.06. The maximum absolute atomic E-state index is 5.47. The van der Waals surface area contributed by atoms with Gasteiger partial charge in [-0.2, -0.15) is 5.10 Å². The Labute approximate surface area is 119 Å². The van der Waals surface area contributed by atoms with E-state index in [-0.39, 0.29) is 0 Å². The van der Waals surface area contributed by atoms with Crippen molar-refractivity contribution in [2.75, 3.05) is 13.7 Å². The Bertz CT molecular complexity index is 538. The van der Waals surface area contributed by atoms with E-state index in [1.54, 1.807) is 7.11 Å². The van der Waals surface area contributed by atoms with Gasteiger partial charge in [0.25, 0.3) is 0 Å². The zero-order chi connectivity index (χ0) is 13.8. The summed E-state index contributed by atoms with van der Waals surface area (Å²) in [4.78, 5) is 2.52. The lowest BCUT2D eigenvalue weighted by atomic mass is 9.98. The monoisotopic (exact) mass is 271 g/mol. The smallest absolute Gasteiger partial charge is 0.123 e. The number of rotatable bonds is 4. The third kappa shape index (κ3) is 2.70. The highest BCUT2D eigenvalue weighted by molar-refractivity contribution is 5.33. The molecule has 4 nitrogen and oxygen atoms in total. The van der Waals surface area contributed by atoms with Gasteiger partial charge in [-0.05, 0) is 31.5 Å². The molecule has 1 saturated heterocycles. The number of piperidine rings is 1. The van der Waals surface area contributed by atoms with Crippen molar-refractivity contribution in [3.05, 3.63) is 47.8 Å². The Balaban J connectivity index is 1.80. The van der Waals surface area contributed by atoms with E-state index in [2.05, 4.69) is 33.3 Å². The number of nitrogens with zero attached hydrogens (tertiary/aromatic N) is 2. The summed E-state index contributed by atoms with van der Waals surface area (Å²) in [7, 11) is 1.74. The summed E-state index contributed by atoms with van der Waals surface area (Å²) >= 11 is 0. The van der Waals surface area contributed by atoms with E-state index in [0.29, 0.717) is 6.04 Å². The van der Waals surface area contributed by atoms with Gasteiger partial charge in [-0.15, -0.1) is 0 Å². The van der Waals surface area contributed by atoms with Gasteiger partial charge in [0, 0.05) is 18.3 Å². The second-order valence-corrected chi connectivity index (χ2v) is 5.31. The van der Waals surface area contributed by atoms with E-state index in [4.69, 9.17) is 4.74 Å². The lowest BCUT2D eigenvalue weighted by molar-refractivity contribution is 0.136. The summed E-state index contributed by atoms with van der Waals surface area (Å²) in [6.07, 6.45) is 5.58. The van der Waals surface area contributed by atoms with Crippen molar-refractivity contribution in [3.63, 3.8) is 0 Å². The molecule has 1 aromatic carbocycles. The standard InChI is InChI=1S/C16H21N3O/c1-20-16-8-3-2-6-13(16)12-19-11-5-4-7-15(19)14-9-10-17-18-14/h2-3,6,8-10,15H,4-5,7,11-12H2,1H3,(H,17,18). The number of aromatic amines is 1. The first-order chi connectivity index (χ1) is 9.88. The summed E-state index contributed by atoms with van der Waals surface area (Å²) in [6.45, 7) is 2.05. The Morgan fingerprint density at radius 3 is 3.00 bits per heavy atom. The molecule has 3 rings (SSSR count). The molecule has 0 aliphatic carbocycles. The Morgan fingerprint density at radius 1 is 1.30 bits per heavy atom. The lowest BCUT2D eigenvalue weighted by Crippen LogP contribution is -2.33. The number of ether oxygens (including phenoxy) is 1. The van der Waals surface area contributed by atoms with Gasteiger partial charge in [0.2, 0.25) is 0 Å². The van der Waals surface area contributed by atoms with Crippen LogP contribution >= 0.6 is 0 Å². The van der Waals surface area contributed by atoms with Crippen molar-refractivity contribution in [1.29, 1.82) is 0 Å². The molecule has 1 aliphatic rings. The summed E-state index contributed by atoms with van der Waals surface area (Å²) in [5, 5.41) is 7.22. The van der Waals surface area contributed by atoms with Gasteiger partial charge in [0.05, 0.1) is 18.8 Å². The van der Waals surface area contributed by atoms with Gasteiger partial charge in [-0.3, -0.25) is 10.00 Å². The molecular formula is C16H21N3O. The van der Waals surface area contributed by atoms with Crippen LogP contribution in [0.1, 0.15) is 36.6 Å². The molecule has 0 radical (unpaired) electrons. The fourth-order valence-electron chi connectivity index (χ4n) is 3.04. The number of H-pyrrole nitrogens is 1. The van der Waals surface area contributed by atoms with Crippen molar-refractivity contribution in [2.45, 2.75) is 31.8 Å². The number of likely N-dealkylation sites (tertiary alicyclic amines) is 1. The first kappa shape index (κ1) is 13.2. The lowest BCUT2D eigenvalue weighted by Gasteiger charge is -2.35. The maximum atomic E-state index is 5.47. The second kappa shape index (κ2) is 6.09. The van der Waals surface area contributed by atoms with Crippen molar-refractivity contribution < 1.29 is 4.74 Å². The number of hydrogen-bond donors (Lipinski definition) is 1. The van der Waals surface area contributed by atoms with E-state index in [1.165, 1.54) is 30.5 Å². The van der Waals surface area contributed by atoms with Crippen molar-refractivity contribution >= 4 is 0 Å². The molecular weight excluding hydrogens is 250 g/mol. The van der Waals surface area contributed by atoms with Crippen molar-refractivity contribution in [1.82, 2.24) is 15.1 Å². The van der Waals surface area contributed by atoms with Crippen molar-refractivity contribution in [3.8, 4) is 5.75 Å². The average molecular weight is 271 g/mol. The molecule has 1 unspecified atom stereocenters. The van der Waals surface area contributed by atoms with Gasteiger partial charge in [0.1, 0.15) is 5.75 Å². The van der Waals surface area contributed by atoms with Crippen molar-refractivity contribution in [2.24, 2.45) is 0 Å². The molecule has 0 amide bonds. The zero-order valence-electron chi connectivity index (χ0n) is 11.9. The van der Waals surface area contributed by atoms with Crippen LogP contribution in [0, 0.1) is 0 Å². The molecule has 1 aromatic heterocycles. The summed E-state index contributed by atoms with van der Waals surface area (Å²) in [6, 6.07) is 10.8. The number of para-hydroxylation sites is 1. The van der Waals surface area contributed by atoms with Crippen LogP contribution in [0.5, 0.6) is 5.75 Å². The van der Waals surface area contributed by atoms with Gasteiger partial charge >= 0.3 is 0 Å². The molecule has 20 heavy (non-hydrogen) atoms. The molecule has 1 N–H and O–H groups in total. The van der Waals surface area contributed by atoms with E-state index in [0.717, 1.165) is 18.8 Å². The summed E-state index contributed by atoms with van der Waals surface area (Å²) in [5.74, 6) is 0.974. The fourth-order valence-corrected chi connectivity index (χ4v) is 3.04. The minimum absolute atomic E-state index is 0.441. The first-order valence-corrected chi connectivity index (χ1v) is 7.23. The van der Waals surface area contributed by atoms with E-state index in [9.17, 15) is 0 Å². The second-order valence-electron chi connectivity index (χ2n) is 5.31. The summed E-state index contributed by atoms with van der Waals surface area (Å²) in [5.41, 5.74) is 2.47. The topological polar surface area (TPSA) is 41.1 Å². The largest absolute Gasteiger partial charge is 0.496 e. The minimum atomic E-state index is 0.441. The molecule has 1 atom stereocenters. The highest BCUT2D eigenvalue weighted by atomic mass is 16.5. The Kier molecular flexibility index (Phi) is 4.02. The minimum Gasteiger partial charge on any atom is -0.496 e. The van der Waals surface area contributed by atoms with Crippen LogP contribution in [0.2, 0.25) is 0 Å². The van der Waals surface area contributed by atoms with Gasteiger partial charge in [0.15, 0.2) is 0 Å². The van der Waals surface area contributed by atoms with E-state index < -0.39 is 0 Å². The normalized spacial score (nSPS) is 19.9. The van der Waals surface area contributed by atoms with Gasteiger partial charge < -0.3 is 4.74 Å². The molecule has 0 saturated carbocycles. The quantitative estimate of drug-likeness (QED) is 0.928. The van der Waals surface area contributed by atoms with Crippen LogP contribution in [0.25, 0.3) is 0 Å². The Hall–Kier alpha value is -1.81. The van der Waals surface area contributed by atoms with Crippen LogP contribution in [0.3, 0.4) is 0 Å². The maximum Gasteiger partial charge on any atom is 0.123 e. The molecule has 106 valence electrons. The number of nitrogens with one attached hydrogen (secondary N) is 1. The van der Waals surface area contributed by atoms with E-state index >= 15 is 0 Å². The molecule has 1 aliphatic heterocycles. The van der Waals surface area contributed by atoms with Crippen LogP contribution in [0.4, 0.5) is 0 Å². The average Bonchev–Trinajstić information content (AvgIpc) is 3.02. The molecule has 2 aromatic rings. The summed E-state index contributed by atoms with van der Waals surface area (Å²) < 4.78 is 5.47. The molecule has 4 heteroatoms. The van der Waals surface area contributed by atoms with E-state index in [1.807, 2.05) is 18.3 Å². The Morgan fingerprint density at radius 2 is 2.20 bits per heavy atom. The highest BCUT2D eigenvalue weighted by Gasteiger charge is 2.25. The molecule has 2 heterocycles. The molecule has 0 spiro atoms. The predicted molar refractivity (Wildman–Crippen MR) is 78.6 cm³/mol. The number of methoxy groups -OCH3 is 1. The fraction of sp³-hybridized carbons (Fsp3) is 0.438. The number of hydrogen-bond acceptors (Lipinski definition) is 3. The highest BCUT2D eigenvalue weighted by Crippen LogP contribution is 2.32. The van der Waals surface area contributed by atoms with Crippen LogP contribution in [0.15, 0.2) is 36.5 Å². The zero-order valence-corrected chi connectivity index (χ0v) is 11.9. The molecule has 1 fully saturated rings. The van der Waals surface area contributed by atoms with Crippen LogP contribution < -0.4 is 4.74 Å². The molecule has 0 bridgehead atoms. The number of benzene rings is 1. The van der Waals surface area contributed by atoms with Crippen LogP contribution in [-0.4, -0.2) is 28.8 Å². The van der Waals surface area contributed by atoms with Crippen LogP contribution in [-0.2, 0) is 6.54 Å².